The van der Waals surface area contributed by atoms with Crippen molar-refractivity contribution in [2.24, 2.45) is 5.92 Å². The topological polar surface area (TPSA) is 76.1 Å². The number of ether oxygens (including phenoxy) is 2. The van der Waals surface area contributed by atoms with Crippen LogP contribution in [0.4, 0.5) is 5.69 Å². The molecule has 0 bridgehead atoms. The Morgan fingerprint density at radius 3 is 2.19 bits per heavy atom. The van der Waals surface area contributed by atoms with Gasteiger partial charge >= 0.3 is 0 Å². The molecule has 3 aromatic rings. The Morgan fingerprint density at radius 2 is 1.58 bits per heavy atom. The van der Waals surface area contributed by atoms with Gasteiger partial charge in [0, 0.05) is 11.3 Å². The first kappa shape index (κ1) is 25.0. The van der Waals surface area contributed by atoms with Crippen LogP contribution >= 0.6 is 0 Å². The summed E-state index contributed by atoms with van der Waals surface area (Å²) in [5.41, 5.74) is 2.76. The second-order valence-electron chi connectivity index (χ2n) is 9.24. The normalized spacial score (nSPS) is 17.0. The summed E-state index contributed by atoms with van der Waals surface area (Å²) < 4.78 is 11.3. The fourth-order valence-corrected chi connectivity index (χ4v) is 4.25. The molecule has 6 nitrogen and oxygen atoms in total. The molecular formula is C30H31NO5. The highest BCUT2D eigenvalue weighted by Gasteiger charge is 2.47. The summed E-state index contributed by atoms with van der Waals surface area (Å²) in [5, 5.41) is 11.3. The van der Waals surface area contributed by atoms with Crippen LogP contribution in [0.5, 0.6) is 11.5 Å². The fourth-order valence-electron chi connectivity index (χ4n) is 4.25. The maximum Gasteiger partial charge on any atom is 0.300 e. The van der Waals surface area contributed by atoms with Crippen molar-refractivity contribution >= 4 is 23.1 Å². The number of rotatable bonds is 8. The van der Waals surface area contributed by atoms with Crippen molar-refractivity contribution in [1.29, 1.82) is 0 Å². The molecule has 1 saturated heterocycles. The molecule has 1 N–H and O–H groups in total. The zero-order valence-corrected chi connectivity index (χ0v) is 21.0. The Labute approximate surface area is 211 Å². The SMILES string of the molecule is CCOc1ccc(/C(O)=C2/C(=O)C(=O)N(c3ccc(OCC(C)C)cc3)C2c2cccc(C)c2)cc1. The third kappa shape index (κ3) is 5.13. The zero-order chi connectivity index (χ0) is 25.8. The van der Waals surface area contributed by atoms with Gasteiger partial charge in [-0.3, -0.25) is 14.5 Å². The van der Waals surface area contributed by atoms with E-state index in [1.54, 1.807) is 48.5 Å². The van der Waals surface area contributed by atoms with Crippen LogP contribution in [-0.4, -0.2) is 30.0 Å². The Hall–Kier alpha value is -4.06. The molecular weight excluding hydrogens is 454 g/mol. The number of aliphatic hydroxyl groups excluding tert-OH is 1. The number of nitrogens with zero attached hydrogens (tertiary/aromatic N) is 1. The average Bonchev–Trinajstić information content (AvgIpc) is 3.13. The Bertz CT molecular complexity index is 1280. The first-order valence-corrected chi connectivity index (χ1v) is 12.1. The van der Waals surface area contributed by atoms with Crippen LogP contribution in [0.15, 0.2) is 78.4 Å². The van der Waals surface area contributed by atoms with E-state index in [1.807, 2.05) is 38.1 Å². The van der Waals surface area contributed by atoms with Crippen LogP contribution in [-0.2, 0) is 9.59 Å². The number of anilines is 1. The molecule has 3 aromatic carbocycles. The Kier molecular flexibility index (Phi) is 7.44. The van der Waals surface area contributed by atoms with Gasteiger partial charge in [-0.05, 0) is 73.9 Å². The number of carbonyl (C=O) groups is 2. The highest BCUT2D eigenvalue weighted by atomic mass is 16.5. The molecule has 6 heteroatoms. The first-order chi connectivity index (χ1) is 17.3. The van der Waals surface area contributed by atoms with Gasteiger partial charge < -0.3 is 14.6 Å². The number of amides is 1. The molecule has 1 fully saturated rings. The van der Waals surface area contributed by atoms with E-state index >= 15 is 0 Å². The lowest BCUT2D eigenvalue weighted by atomic mass is 9.94. The van der Waals surface area contributed by atoms with Gasteiger partial charge in [-0.25, -0.2) is 0 Å². The monoisotopic (exact) mass is 485 g/mol. The standard InChI is InChI=1S/C30H31NO5/c1-5-35-24-13-9-21(10-14-24)28(32)26-27(22-8-6-7-20(4)17-22)31(30(34)29(26)33)23-11-15-25(16-12-23)36-18-19(2)3/h6-17,19,27,32H,5,18H2,1-4H3/b28-26-. The Morgan fingerprint density at radius 1 is 0.944 bits per heavy atom. The number of aryl methyl sites for hydroxylation is 1. The van der Waals surface area contributed by atoms with Crippen LogP contribution in [0.3, 0.4) is 0 Å². The highest BCUT2D eigenvalue weighted by molar-refractivity contribution is 6.51. The third-order valence-corrected chi connectivity index (χ3v) is 5.94. The summed E-state index contributed by atoms with van der Waals surface area (Å²) in [5.74, 6) is 0.0848. The van der Waals surface area contributed by atoms with Crippen LogP contribution in [0.2, 0.25) is 0 Å². The van der Waals surface area contributed by atoms with Gasteiger partial charge in [0.25, 0.3) is 11.7 Å². The minimum atomic E-state index is -0.779. The molecule has 36 heavy (non-hydrogen) atoms. The maximum atomic E-state index is 13.3. The van der Waals surface area contributed by atoms with Gasteiger partial charge in [0.1, 0.15) is 17.3 Å². The number of carbonyl (C=O) groups excluding carboxylic acids is 2. The van der Waals surface area contributed by atoms with Gasteiger partial charge in [0.05, 0.1) is 24.8 Å². The maximum absolute atomic E-state index is 13.3. The average molecular weight is 486 g/mol. The molecule has 1 aliphatic rings. The van der Waals surface area contributed by atoms with Crippen LogP contribution in [0.25, 0.3) is 5.76 Å². The molecule has 1 amide bonds. The molecule has 186 valence electrons. The van der Waals surface area contributed by atoms with Crippen molar-refractivity contribution in [2.75, 3.05) is 18.1 Å². The smallest absolute Gasteiger partial charge is 0.300 e. The van der Waals surface area contributed by atoms with E-state index in [0.29, 0.717) is 41.9 Å². The molecule has 0 saturated carbocycles. The van der Waals surface area contributed by atoms with Crippen LogP contribution < -0.4 is 14.4 Å². The molecule has 0 aliphatic carbocycles. The zero-order valence-electron chi connectivity index (χ0n) is 21.0. The van der Waals surface area contributed by atoms with Gasteiger partial charge in [0.15, 0.2) is 0 Å². The highest BCUT2D eigenvalue weighted by Crippen LogP contribution is 2.42. The van der Waals surface area contributed by atoms with Crippen molar-refractivity contribution in [3.63, 3.8) is 0 Å². The van der Waals surface area contributed by atoms with Crippen molar-refractivity contribution in [3.05, 3.63) is 95.1 Å². The van der Waals surface area contributed by atoms with E-state index in [1.165, 1.54) is 4.90 Å². The minimum Gasteiger partial charge on any atom is -0.507 e. The molecule has 0 spiro atoms. The summed E-state index contributed by atoms with van der Waals surface area (Å²) in [6, 6.07) is 20.8. The number of ketones is 1. The fraction of sp³-hybridized carbons (Fsp3) is 0.267. The van der Waals surface area contributed by atoms with E-state index in [0.717, 1.165) is 11.1 Å². The van der Waals surface area contributed by atoms with Gasteiger partial charge in [-0.1, -0.05) is 43.7 Å². The van der Waals surface area contributed by atoms with E-state index < -0.39 is 17.7 Å². The molecule has 1 atom stereocenters. The van der Waals surface area contributed by atoms with Crippen molar-refractivity contribution in [2.45, 2.75) is 33.7 Å². The van der Waals surface area contributed by atoms with E-state index in [2.05, 4.69) is 13.8 Å². The Balaban J connectivity index is 1.80. The summed E-state index contributed by atoms with van der Waals surface area (Å²) in [6.07, 6.45) is 0. The summed E-state index contributed by atoms with van der Waals surface area (Å²) in [7, 11) is 0. The van der Waals surface area contributed by atoms with E-state index in [4.69, 9.17) is 9.47 Å². The van der Waals surface area contributed by atoms with Gasteiger partial charge in [-0.2, -0.15) is 0 Å². The molecule has 0 aromatic heterocycles. The molecule has 1 aliphatic heterocycles. The van der Waals surface area contributed by atoms with E-state index in [9.17, 15) is 14.7 Å². The van der Waals surface area contributed by atoms with Crippen molar-refractivity contribution < 1.29 is 24.2 Å². The largest absolute Gasteiger partial charge is 0.507 e. The van der Waals surface area contributed by atoms with Gasteiger partial charge in [0.2, 0.25) is 0 Å². The minimum absolute atomic E-state index is 0.0508. The first-order valence-electron chi connectivity index (χ1n) is 12.1. The third-order valence-electron chi connectivity index (χ3n) is 5.94. The van der Waals surface area contributed by atoms with Gasteiger partial charge in [-0.15, -0.1) is 0 Å². The summed E-state index contributed by atoms with van der Waals surface area (Å²) in [4.78, 5) is 28.1. The van der Waals surface area contributed by atoms with Crippen molar-refractivity contribution in [3.8, 4) is 11.5 Å². The molecule has 4 rings (SSSR count). The quantitative estimate of drug-likeness (QED) is 0.239. The van der Waals surface area contributed by atoms with Crippen molar-refractivity contribution in [1.82, 2.24) is 0 Å². The predicted molar refractivity (Wildman–Crippen MR) is 140 cm³/mol. The predicted octanol–water partition coefficient (Wildman–Crippen LogP) is 6.05. The van der Waals surface area contributed by atoms with E-state index in [-0.39, 0.29) is 11.3 Å². The van der Waals surface area contributed by atoms with Crippen LogP contribution in [0, 0.1) is 12.8 Å². The number of aliphatic hydroxyl groups is 1. The second-order valence-corrected chi connectivity index (χ2v) is 9.24. The lowest BCUT2D eigenvalue weighted by Gasteiger charge is -2.26. The van der Waals surface area contributed by atoms with Crippen LogP contribution in [0.1, 0.15) is 43.5 Å². The number of hydrogen-bond acceptors (Lipinski definition) is 5. The summed E-state index contributed by atoms with van der Waals surface area (Å²) in [6.45, 7) is 9.07. The lowest BCUT2D eigenvalue weighted by Crippen LogP contribution is -2.29. The lowest BCUT2D eigenvalue weighted by molar-refractivity contribution is -0.132. The summed E-state index contributed by atoms with van der Waals surface area (Å²) >= 11 is 0. The molecule has 1 unspecified atom stereocenters. The number of hydrogen-bond donors (Lipinski definition) is 1. The number of benzene rings is 3. The molecule has 1 heterocycles. The molecule has 0 radical (unpaired) electrons. The number of Topliss-reactive ketones (excluding diaryl/α,β-unsaturated/α-hetero) is 1. The second kappa shape index (κ2) is 10.7.